The predicted molar refractivity (Wildman–Crippen MR) is 197 cm³/mol. The zero-order valence-electron chi connectivity index (χ0n) is 28.3. The predicted octanol–water partition coefficient (Wildman–Crippen LogP) is 11.2. The molecule has 0 amide bonds. The molecule has 4 N–H and O–H groups in total. The Morgan fingerprint density at radius 3 is 1.00 bits per heavy atom. The van der Waals surface area contributed by atoms with Crippen LogP contribution in [0.1, 0.15) is 129 Å². The fourth-order valence-corrected chi connectivity index (χ4v) is 6.69. The van der Waals surface area contributed by atoms with Gasteiger partial charge in [-0.3, -0.25) is 0 Å². The number of anilines is 2. The van der Waals surface area contributed by atoms with Crippen LogP contribution in [0.3, 0.4) is 0 Å². The summed E-state index contributed by atoms with van der Waals surface area (Å²) in [4.78, 5) is 0. The third-order valence-electron chi connectivity index (χ3n) is 9.47. The monoisotopic (exact) mass is 602 g/mol. The van der Waals surface area contributed by atoms with E-state index in [1.54, 1.807) is 11.1 Å². The second kappa shape index (κ2) is 19.1. The Balaban J connectivity index is 1.01. The van der Waals surface area contributed by atoms with Crippen molar-refractivity contribution in [3.05, 3.63) is 129 Å². The summed E-state index contributed by atoms with van der Waals surface area (Å²) in [6, 6.07) is 30.8. The first-order valence-electron chi connectivity index (χ1n) is 17.9. The van der Waals surface area contributed by atoms with E-state index in [1.807, 2.05) is 24.3 Å². The number of hydrogen-bond donors (Lipinski definition) is 2. The lowest BCUT2D eigenvalue weighted by Crippen LogP contribution is -1.97. The molecule has 0 heterocycles. The van der Waals surface area contributed by atoms with Crippen molar-refractivity contribution in [2.45, 2.75) is 123 Å². The summed E-state index contributed by atoms with van der Waals surface area (Å²) in [6.45, 7) is 4.58. The summed E-state index contributed by atoms with van der Waals surface area (Å²) in [6.07, 6.45) is 21.8. The van der Waals surface area contributed by atoms with Crippen LogP contribution in [0.15, 0.2) is 84.9 Å². The average molecular weight is 603 g/mol. The van der Waals surface area contributed by atoms with Gasteiger partial charge in [0.25, 0.3) is 0 Å². The highest BCUT2D eigenvalue weighted by Gasteiger charge is 2.06. The van der Waals surface area contributed by atoms with Crippen molar-refractivity contribution in [1.29, 1.82) is 0 Å². The first kappa shape index (κ1) is 34.4. The Bertz CT molecular complexity index is 1290. The molecule has 0 aromatic heterocycles. The van der Waals surface area contributed by atoms with Crippen molar-refractivity contribution in [3.8, 4) is 0 Å². The standard InChI is InChI=1S/C43H58N2/c1-3-38-32-36(30-34-20-26-42(44)27-21-34)18-24-40(38)16-14-12-10-8-6-5-7-9-11-13-15-17-41-25-19-37(33-39(41)4-2)31-35-22-28-43(45)29-23-35/h18-29,32-33H,3-17,30-31,44-45H2,1-2H3. The molecule has 4 aromatic carbocycles. The van der Waals surface area contributed by atoms with Crippen molar-refractivity contribution in [3.63, 3.8) is 0 Å². The summed E-state index contributed by atoms with van der Waals surface area (Å²) in [7, 11) is 0. The molecule has 0 saturated carbocycles. The Kier molecular flexibility index (Phi) is 14.6. The molecule has 2 heteroatoms. The van der Waals surface area contributed by atoms with Crippen LogP contribution in [0, 0.1) is 0 Å². The molecule has 4 aromatic rings. The smallest absolute Gasteiger partial charge is 0.0314 e. The van der Waals surface area contributed by atoms with Gasteiger partial charge < -0.3 is 11.5 Å². The number of nitrogens with two attached hydrogens (primary N) is 2. The minimum absolute atomic E-state index is 0.834. The molecule has 4 rings (SSSR count). The van der Waals surface area contributed by atoms with E-state index in [2.05, 4.69) is 74.5 Å². The van der Waals surface area contributed by atoms with Crippen molar-refractivity contribution < 1.29 is 0 Å². The Morgan fingerprint density at radius 1 is 0.356 bits per heavy atom. The minimum Gasteiger partial charge on any atom is -0.399 e. The molecule has 45 heavy (non-hydrogen) atoms. The maximum atomic E-state index is 5.84. The van der Waals surface area contributed by atoms with Gasteiger partial charge in [0, 0.05) is 11.4 Å². The molecule has 240 valence electrons. The average Bonchev–Trinajstić information content (AvgIpc) is 3.06. The van der Waals surface area contributed by atoms with Crippen molar-refractivity contribution in [2.75, 3.05) is 11.5 Å². The molecule has 0 aliphatic heterocycles. The van der Waals surface area contributed by atoms with Crippen LogP contribution in [-0.4, -0.2) is 0 Å². The van der Waals surface area contributed by atoms with Gasteiger partial charge in [-0.05, 0) is 120 Å². The lowest BCUT2D eigenvalue weighted by molar-refractivity contribution is 0.545. The Labute approximate surface area is 274 Å². The van der Waals surface area contributed by atoms with E-state index in [-0.39, 0.29) is 0 Å². The number of aryl methyl sites for hydroxylation is 4. The van der Waals surface area contributed by atoms with E-state index >= 15 is 0 Å². The maximum Gasteiger partial charge on any atom is 0.0314 e. The van der Waals surface area contributed by atoms with Gasteiger partial charge in [0.15, 0.2) is 0 Å². The fraction of sp³-hybridized carbons (Fsp3) is 0.442. The molecule has 0 aliphatic carbocycles. The second-order valence-corrected chi connectivity index (χ2v) is 13.1. The van der Waals surface area contributed by atoms with Crippen LogP contribution in [0.25, 0.3) is 0 Å². The second-order valence-electron chi connectivity index (χ2n) is 13.1. The van der Waals surface area contributed by atoms with Gasteiger partial charge in [-0.1, -0.05) is 132 Å². The molecule has 0 radical (unpaired) electrons. The molecule has 0 saturated heterocycles. The normalized spacial score (nSPS) is 11.2. The minimum atomic E-state index is 0.834. The fourth-order valence-electron chi connectivity index (χ4n) is 6.69. The Hall–Kier alpha value is -3.52. The molecule has 0 unspecified atom stereocenters. The molecule has 0 spiro atoms. The summed E-state index contributed by atoms with van der Waals surface area (Å²) < 4.78 is 0. The number of rotatable bonds is 20. The Morgan fingerprint density at radius 2 is 0.667 bits per heavy atom. The van der Waals surface area contributed by atoms with E-state index in [4.69, 9.17) is 11.5 Å². The topological polar surface area (TPSA) is 52.0 Å². The van der Waals surface area contributed by atoms with Crippen molar-refractivity contribution in [2.24, 2.45) is 0 Å². The van der Waals surface area contributed by atoms with Gasteiger partial charge in [0.1, 0.15) is 0 Å². The summed E-state index contributed by atoms with van der Waals surface area (Å²) >= 11 is 0. The highest BCUT2D eigenvalue weighted by molar-refractivity contribution is 5.43. The number of benzene rings is 4. The van der Waals surface area contributed by atoms with Crippen LogP contribution in [0.4, 0.5) is 11.4 Å². The number of hydrogen-bond acceptors (Lipinski definition) is 2. The van der Waals surface area contributed by atoms with Gasteiger partial charge in [-0.25, -0.2) is 0 Å². The zero-order valence-corrected chi connectivity index (χ0v) is 28.3. The van der Waals surface area contributed by atoms with Crippen LogP contribution in [0.2, 0.25) is 0 Å². The van der Waals surface area contributed by atoms with E-state index in [1.165, 1.54) is 117 Å². The van der Waals surface area contributed by atoms with Gasteiger partial charge in [-0.2, -0.15) is 0 Å². The number of nitrogen functional groups attached to an aromatic ring is 2. The molecule has 0 aliphatic rings. The van der Waals surface area contributed by atoms with Crippen molar-refractivity contribution >= 4 is 11.4 Å². The van der Waals surface area contributed by atoms with Gasteiger partial charge in [-0.15, -0.1) is 0 Å². The van der Waals surface area contributed by atoms with Gasteiger partial charge >= 0.3 is 0 Å². The molecular formula is C43H58N2. The maximum absolute atomic E-state index is 5.84. The number of unbranched alkanes of at least 4 members (excludes halogenated alkanes) is 10. The molecule has 0 bridgehead atoms. The molecular weight excluding hydrogens is 544 g/mol. The summed E-state index contributed by atoms with van der Waals surface area (Å²) in [5, 5.41) is 0. The zero-order chi connectivity index (χ0) is 31.7. The van der Waals surface area contributed by atoms with Gasteiger partial charge in [0.2, 0.25) is 0 Å². The summed E-state index contributed by atoms with van der Waals surface area (Å²) in [5.74, 6) is 0. The summed E-state index contributed by atoms with van der Waals surface area (Å²) in [5.41, 5.74) is 25.0. The van der Waals surface area contributed by atoms with E-state index in [0.29, 0.717) is 0 Å². The first-order chi connectivity index (χ1) is 22.0. The van der Waals surface area contributed by atoms with E-state index in [9.17, 15) is 0 Å². The first-order valence-corrected chi connectivity index (χ1v) is 17.9. The van der Waals surface area contributed by atoms with Crippen molar-refractivity contribution in [1.82, 2.24) is 0 Å². The van der Waals surface area contributed by atoms with Gasteiger partial charge in [0.05, 0.1) is 0 Å². The van der Waals surface area contributed by atoms with E-state index < -0.39 is 0 Å². The van der Waals surface area contributed by atoms with E-state index in [0.717, 1.165) is 37.1 Å². The van der Waals surface area contributed by atoms with Crippen LogP contribution in [-0.2, 0) is 38.5 Å². The third kappa shape index (κ3) is 12.1. The highest BCUT2D eigenvalue weighted by atomic mass is 14.5. The van der Waals surface area contributed by atoms with Crippen LogP contribution < -0.4 is 11.5 Å². The molecule has 0 fully saturated rings. The molecule has 2 nitrogen and oxygen atoms in total. The lowest BCUT2D eigenvalue weighted by atomic mass is 9.94. The SMILES string of the molecule is CCc1cc(Cc2ccc(N)cc2)ccc1CCCCCCCCCCCCCc1ccc(Cc2ccc(N)cc2)cc1CC. The quantitative estimate of drug-likeness (QED) is 0.0781. The molecule has 0 atom stereocenters. The lowest BCUT2D eigenvalue weighted by Gasteiger charge is -2.11. The van der Waals surface area contributed by atoms with Crippen LogP contribution >= 0.6 is 0 Å². The largest absolute Gasteiger partial charge is 0.399 e. The van der Waals surface area contributed by atoms with Crippen LogP contribution in [0.5, 0.6) is 0 Å². The third-order valence-corrected chi connectivity index (χ3v) is 9.47. The highest BCUT2D eigenvalue weighted by Crippen LogP contribution is 2.22.